The Bertz CT molecular complexity index is 769. The molecule has 0 radical (unpaired) electrons. The lowest BCUT2D eigenvalue weighted by atomic mass is 10.0. The maximum Gasteiger partial charge on any atom is 0.434 e. The number of aryl methyl sites for hydroxylation is 1. The third-order valence-electron chi connectivity index (χ3n) is 4.11. The molecule has 154 valence electrons. The largest absolute Gasteiger partial charge is 0.434 e. The van der Waals surface area contributed by atoms with Crippen LogP contribution in [0, 0.1) is 6.92 Å². The summed E-state index contributed by atoms with van der Waals surface area (Å²) in [6.07, 6.45) is -4.42. The number of nitrogens with zero attached hydrogens (tertiary/aromatic N) is 3. The molecule has 28 heavy (non-hydrogen) atoms. The molecular weight excluding hydrogens is 387 g/mol. The van der Waals surface area contributed by atoms with Crippen molar-refractivity contribution in [2.45, 2.75) is 32.6 Å². The summed E-state index contributed by atoms with van der Waals surface area (Å²) in [5.41, 5.74) is 1.51. The van der Waals surface area contributed by atoms with Gasteiger partial charge in [0.15, 0.2) is 11.7 Å². The zero-order valence-electron chi connectivity index (χ0n) is 16.5. The highest BCUT2D eigenvalue weighted by Gasteiger charge is 2.33. The number of hydrogen-bond acceptors (Lipinski definition) is 4. The molecule has 2 rings (SSSR count). The normalized spacial score (nSPS) is 13.6. The van der Waals surface area contributed by atoms with Crippen LogP contribution >= 0.6 is 11.3 Å². The van der Waals surface area contributed by atoms with E-state index in [4.69, 9.17) is 0 Å². The van der Waals surface area contributed by atoms with Gasteiger partial charge in [0.1, 0.15) is 5.01 Å². The molecule has 0 bridgehead atoms. The number of benzene rings is 1. The fourth-order valence-corrected chi connectivity index (χ4v) is 3.31. The van der Waals surface area contributed by atoms with Gasteiger partial charge in [-0.15, -0.1) is 11.3 Å². The summed E-state index contributed by atoms with van der Waals surface area (Å²) in [5, 5.41) is 7.74. The third-order valence-corrected chi connectivity index (χ3v) is 4.94. The number of rotatable bonds is 7. The second-order valence-electron chi connectivity index (χ2n) is 6.59. The van der Waals surface area contributed by atoms with Gasteiger partial charge in [-0.1, -0.05) is 29.8 Å². The molecule has 0 fully saturated rings. The van der Waals surface area contributed by atoms with Crippen molar-refractivity contribution in [1.29, 1.82) is 0 Å². The van der Waals surface area contributed by atoms with E-state index in [1.807, 2.05) is 27.9 Å². The van der Waals surface area contributed by atoms with E-state index < -0.39 is 11.9 Å². The number of alkyl halides is 3. The highest BCUT2D eigenvalue weighted by Crippen LogP contribution is 2.30. The van der Waals surface area contributed by atoms with Crippen molar-refractivity contribution >= 4 is 17.3 Å². The Kier molecular flexibility index (Phi) is 7.82. The first-order valence-electron chi connectivity index (χ1n) is 8.97. The summed E-state index contributed by atoms with van der Waals surface area (Å²) in [6.45, 7) is 5.33. The number of aliphatic imine (C=N–C) groups is 1. The van der Waals surface area contributed by atoms with Crippen molar-refractivity contribution in [2.75, 3.05) is 27.2 Å². The molecule has 2 N–H and O–H groups in total. The summed E-state index contributed by atoms with van der Waals surface area (Å²) < 4.78 is 38.0. The number of hydrogen-bond donors (Lipinski definition) is 2. The smallest absolute Gasteiger partial charge is 0.357 e. The van der Waals surface area contributed by atoms with E-state index >= 15 is 0 Å². The molecule has 0 spiro atoms. The Morgan fingerprint density at radius 2 is 1.89 bits per heavy atom. The van der Waals surface area contributed by atoms with Crippen LogP contribution in [0.1, 0.15) is 34.8 Å². The van der Waals surface area contributed by atoms with Gasteiger partial charge in [-0.2, -0.15) is 13.2 Å². The predicted molar refractivity (Wildman–Crippen MR) is 108 cm³/mol. The quantitative estimate of drug-likeness (QED) is 0.535. The maximum atomic E-state index is 12.7. The first-order valence-corrected chi connectivity index (χ1v) is 9.85. The Labute approximate surface area is 167 Å². The third kappa shape index (κ3) is 6.49. The number of nitrogens with one attached hydrogen (secondary N) is 2. The average molecular weight is 414 g/mol. The first kappa shape index (κ1) is 22.2. The molecule has 1 heterocycles. The molecule has 5 nitrogen and oxygen atoms in total. The van der Waals surface area contributed by atoms with Gasteiger partial charge in [0.25, 0.3) is 0 Å². The summed E-state index contributed by atoms with van der Waals surface area (Å²) in [5.74, 6) is 0.547. The Hall–Kier alpha value is -2.13. The molecule has 9 heteroatoms. The van der Waals surface area contributed by atoms with Crippen LogP contribution in [0.4, 0.5) is 13.2 Å². The van der Waals surface area contributed by atoms with Crippen LogP contribution in [0.5, 0.6) is 0 Å². The fourth-order valence-electron chi connectivity index (χ4n) is 2.58. The minimum absolute atomic E-state index is 0.0905. The highest BCUT2D eigenvalue weighted by atomic mass is 32.1. The lowest BCUT2D eigenvalue weighted by Crippen LogP contribution is -2.41. The van der Waals surface area contributed by atoms with Crippen molar-refractivity contribution in [3.8, 4) is 0 Å². The van der Waals surface area contributed by atoms with E-state index in [1.165, 1.54) is 11.1 Å². The number of halogens is 3. The average Bonchev–Trinajstić information content (AvgIpc) is 3.10. The SMILES string of the molecule is CCNC(=NCc1nc(C(F)(F)F)cs1)NCC(c1ccc(C)cc1)N(C)C. The molecule has 1 atom stereocenters. The highest BCUT2D eigenvalue weighted by molar-refractivity contribution is 7.09. The van der Waals surface area contributed by atoms with E-state index in [0.717, 1.165) is 16.7 Å². The van der Waals surface area contributed by atoms with Gasteiger partial charge < -0.3 is 15.5 Å². The summed E-state index contributed by atoms with van der Waals surface area (Å²) in [4.78, 5) is 10.1. The van der Waals surface area contributed by atoms with E-state index in [0.29, 0.717) is 24.1 Å². The fraction of sp³-hybridized carbons (Fsp3) is 0.474. The molecule has 0 amide bonds. The topological polar surface area (TPSA) is 52.6 Å². The van der Waals surface area contributed by atoms with Gasteiger partial charge in [-0.25, -0.2) is 9.98 Å². The van der Waals surface area contributed by atoms with Crippen molar-refractivity contribution in [3.05, 3.63) is 51.5 Å². The molecule has 1 unspecified atom stereocenters. The van der Waals surface area contributed by atoms with Crippen LogP contribution in [-0.2, 0) is 12.7 Å². The van der Waals surface area contributed by atoms with Crippen LogP contribution in [0.3, 0.4) is 0 Å². The predicted octanol–water partition coefficient (Wildman–Crippen LogP) is 3.83. The first-order chi connectivity index (χ1) is 13.2. The molecule has 1 aromatic heterocycles. The van der Waals surface area contributed by atoms with Crippen molar-refractivity contribution in [1.82, 2.24) is 20.5 Å². The number of likely N-dealkylation sites (N-methyl/N-ethyl adjacent to an activating group) is 1. The number of thiazole rings is 1. The van der Waals surface area contributed by atoms with Gasteiger partial charge in [0.2, 0.25) is 0 Å². The molecule has 2 aromatic rings. The van der Waals surface area contributed by atoms with Crippen LogP contribution in [0.25, 0.3) is 0 Å². The van der Waals surface area contributed by atoms with Crippen molar-refractivity contribution in [3.63, 3.8) is 0 Å². The molecule has 1 aromatic carbocycles. The lowest BCUT2D eigenvalue weighted by Gasteiger charge is -2.26. The number of aromatic nitrogens is 1. The van der Waals surface area contributed by atoms with Gasteiger partial charge in [0.05, 0.1) is 12.6 Å². The molecule has 0 aliphatic carbocycles. The monoisotopic (exact) mass is 413 g/mol. The van der Waals surface area contributed by atoms with Crippen molar-refractivity contribution < 1.29 is 13.2 Å². The zero-order valence-corrected chi connectivity index (χ0v) is 17.3. The van der Waals surface area contributed by atoms with E-state index in [9.17, 15) is 13.2 Å². The minimum atomic E-state index is -4.42. The maximum absolute atomic E-state index is 12.7. The Morgan fingerprint density at radius 3 is 2.43 bits per heavy atom. The minimum Gasteiger partial charge on any atom is -0.357 e. The van der Waals surface area contributed by atoms with Crippen LogP contribution in [-0.4, -0.2) is 43.0 Å². The summed E-state index contributed by atoms with van der Waals surface area (Å²) in [7, 11) is 4.01. The molecular formula is C19H26F3N5S. The molecule has 0 aliphatic heterocycles. The van der Waals surface area contributed by atoms with Crippen LogP contribution in [0.15, 0.2) is 34.6 Å². The van der Waals surface area contributed by atoms with Gasteiger partial charge >= 0.3 is 6.18 Å². The second-order valence-corrected chi connectivity index (χ2v) is 7.53. The molecule has 0 saturated carbocycles. The standard InChI is InChI=1S/C19H26F3N5S/c1-5-23-18(25-11-17-26-16(12-28-17)19(20,21)22)24-10-15(27(3)4)14-8-6-13(2)7-9-14/h6-9,12,15H,5,10-11H2,1-4H3,(H2,23,24,25). The van der Waals surface area contributed by atoms with Gasteiger partial charge in [0, 0.05) is 18.5 Å². The molecule has 0 aliphatic rings. The van der Waals surface area contributed by atoms with Gasteiger partial charge in [-0.05, 0) is 33.5 Å². The lowest BCUT2D eigenvalue weighted by molar-refractivity contribution is -0.140. The Morgan fingerprint density at radius 1 is 1.21 bits per heavy atom. The van der Waals surface area contributed by atoms with Crippen molar-refractivity contribution in [2.24, 2.45) is 4.99 Å². The summed E-state index contributed by atoms with van der Waals surface area (Å²) >= 11 is 0.962. The van der Waals surface area contributed by atoms with E-state index in [1.54, 1.807) is 0 Å². The van der Waals surface area contributed by atoms with Crippen LogP contribution < -0.4 is 10.6 Å². The van der Waals surface area contributed by atoms with Gasteiger partial charge in [-0.3, -0.25) is 0 Å². The van der Waals surface area contributed by atoms with E-state index in [2.05, 4.69) is 49.8 Å². The second kappa shape index (κ2) is 9.88. The molecule has 0 saturated heterocycles. The summed E-state index contributed by atoms with van der Waals surface area (Å²) in [6, 6.07) is 8.47. The van der Waals surface area contributed by atoms with E-state index in [-0.39, 0.29) is 12.6 Å². The Balaban J connectivity index is 2.05. The number of guanidine groups is 1. The van der Waals surface area contributed by atoms with Crippen LogP contribution in [0.2, 0.25) is 0 Å². The zero-order chi connectivity index (χ0) is 20.7.